The fraction of sp³-hybridized carbons (Fsp3) is 0.591. The van der Waals surface area contributed by atoms with Crippen molar-refractivity contribution in [2.45, 2.75) is 71.1 Å². The Balaban J connectivity index is 1.50. The molecule has 1 saturated carbocycles. The summed E-state index contributed by atoms with van der Waals surface area (Å²) >= 11 is 0. The van der Waals surface area contributed by atoms with Crippen LogP contribution in [0.5, 0.6) is 0 Å². The highest BCUT2D eigenvalue weighted by Gasteiger charge is 2.21. The Morgan fingerprint density at radius 1 is 1.14 bits per heavy atom. The van der Waals surface area contributed by atoms with E-state index in [0.29, 0.717) is 12.8 Å². The maximum atomic E-state index is 5.92. The standard InChI is InChI=1S/C22H33N5OSi/c1-17-5-7-19(8-6-17)27-14-18(13-25-27)21-20-9-10-26(22(20)24-15-23-21)16-28-11-12-29(2,3)4/h9-10,13-15,17,19H,5-8,11-12,16H2,1-4H3. The van der Waals surface area contributed by atoms with Crippen LogP contribution in [0, 0.1) is 5.92 Å². The molecule has 0 aliphatic heterocycles. The molecule has 6 nitrogen and oxygen atoms in total. The van der Waals surface area contributed by atoms with E-state index in [1.807, 2.05) is 12.4 Å². The van der Waals surface area contributed by atoms with Crippen molar-refractivity contribution in [3.8, 4) is 11.3 Å². The van der Waals surface area contributed by atoms with Gasteiger partial charge in [-0.25, -0.2) is 9.97 Å². The highest BCUT2D eigenvalue weighted by atomic mass is 28.3. The van der Waals surface area contributed by atoms with Gasteiger partial charge in [-0.1, -0.05) is 26.6 Å². The summed E-state index contributed by atoms with van der Waals surface area (Å²) in [7, 11) is -1.07. The van der Waals surface area contributed by atoms with Gasteiger partial charge in [-0.15, -0.1) is 0 Å². The highest BCUT2D eigenvalue weighted by Crippen LogP contribution is 2.33. The molecule has 3 heterocycles. The summed E-state index contributed by atoms with van der Waals surface area (Å²) < 4.78 is 10.1. The number of hydrogen-bond acceptors (Lipinski definition) is 4. The predicted molar refractivity (Wildman–Crippen MR) is 120 cm³/mol. The van der Waals surface area contributed by atoms with Gasteiger partial charge in [0.15, 0.2) is 0 Å². The van der Waals surface area contributed by atoms with Crippen molar-refractivity contribution in [3.63, 3.8) is 0 Å². The molecule has 4 rings (SSSR count). The van der Waals surface area contributed by atoms with Crippen LogP contribution in [-0.4, -0.2) is 39.0 Å². The lowest BCUT2D eigenvalue weighted by molar-refractivity contribution is 0.0899. The van der Waals surface area contributed by atoms with E-state index in [2.05, 4.69) is 63.1 Å². The van der Waals surface area contributed by atoms with Crippen LogP contribution in [-0.2, 0) is 11.5 Å². The number of ether oxygens (including phenoxy) is 1. The maximum Gasteiger partial charge on any atom is 0.145 e. The van der Waals surface area contributed by atoms with Crippen molar-refractivity contribution >= 4 is 19.1 Å². The first-order chi connectivity index (χ1) is 13.9. The molecule has 0 spiro atoms. The van der Waals surface area contributed by atoms with Crippen molar-refractivity contribution < 1.29 is 4.74 Å². The lowest BCUT2D eigenvalue weighted by atomic mass is 9.87. The molecule has 3 aromatic rings. The Labute approximate surface area is 174 Å². The molecule has 0 unspecified atom stereocenters. The van der Waals surface area contributed by atoms with Crippen LogP contribution >= 0.6 is 0 Å². The topological polar surface area (TPSA) is 57.8 Å². The molecule has 0 N–H and O–H groups in total. The van der Waals surface area contributed by atoms with E-state index in [-0.39, 0.29) is 0 Å². The number of fused-ring (bicyclic) bond motifs is 1. The quantitative estimate of drug-likeness (QED) is 0.388. The molecular weight excluding hydrogens is 378 g/mol. The monoisotopic (exact) mass is 411 g/mol. The molecule has 1 fully saturated rings. The molecule has 0 bridgehead atoms. The van der Waals surface area contributed by atoms with Crippen LogP contribution in [0.3, 0.4) is 0 Å². The summed E-state index contributed by atoms with van der Waals surface area (Å²) in [5.74, 6) is 0.843. The maximum absolute atomic E-state index is 5.92. The SMILES string of the molecule is CC1CCC(n2cc(-c3ncnc4c3ccn4COCC[Si](C)(C)C)cn2)CC1. The minimum atomic E-state index is -1.07. The van der Waals surface area contributed by atoms with Crippen LogP contribution in [0.15, 0.2) is 31.0 Å². The van der Waals surface area contributed by atoms with Crippen molar-refractivity contribution in [1.29, 1.82) is 0 Å². The van der Waals surface area contributed by atoms with Gasteiger partial charge in [0.1, 0.15) is 18.7 Å². The molecule has 0 atom stereocenters. The van der Waals surface area contributed by atoms with E-state index < -0.39 is 8.07 Å². The first-order valence-corrected chi connectivity index (χ1v) is 14.5. The zero-order chi connectivity index (χ0) is 20.4. The Kier molecular flexibility index (Phi) is 5.87. The third-order valence-corrected chi connectivity index (χ3v) is 7.72. The smallest absolute Gasteiger partial charge is 0.145 e. The van der Waals surface area contributed by atoms with Crippen molar-refractivity contribution in [3.05, 3.63) is 31.0 Å². The molecule has 1 aliphatic carbocycles. The van der Waals surface area contributed by atoms with Gasteiger partial charge in [-0.05, 0) is 43.7 Å². The van der Waals surface area contributed by atoms with Gasteiger partial charge in [0.2, 0.25) is 0 Å². The van der Waals surface area contributed by atoms with Crippen LogP contribution in [0.1, 0.15) is 38.6 Å². The summed E-state index contributed by atoms with van der Waals surface area (Å²) in [4.78, 5) is 9.09. The van der Waals surface area contributed by atoms with Gasteiger partial charge in [0, 0.05) is 38.0 Å². The molecule has 156 valence electrons. The average molecular weight is 412 g/mol. The zero-order valence-corrected chi connectivity index (χ0v) is 19.1. The second kappa shape index (κ2) is 8.40. The molecule has 1 aliphatic rings. The number of aromatic nitrogens is 5. The van der Waals surface area contributed by atoms with Gasteiger partial charge in [0.25, 0.3) is 0 Å². The summed E-state index contributed by atoms with van der Waals surface area (Å²) in [6.45, 7) is 10.8. The van der Waals surface area contributed by atoms with Crippen LogP contribution in [0.4, 0.5) is 0 Å². The highest BCUT2D eigenvalue weighted by molar-refractivity contribution is 6.76. The fourth-order valence-electron chi connectivity index (χ4n) is 4.05. The zero-order valence-electron chi connectivity index (χ0n) is 18.1. The number of rotatable bonds is 7. The third-order valence-electron chi connectivity index (χ3n) is 6.02. The molecule has 0 amide bonds. The second-order valence-corrected chi connectivity index (χ2v) is 15.3. The average Bonchev–Trinajstić information content (AvgIpc) is 3.32. The van der Waals surface area contributed by atoms with Crippen LogP contribution < -0.4 is 0 Å². The fourth-order valence-corrected chi connectivity index (χ4v) is 4.80. The molecular formula is C22H33N5OSi. The first-order valence-electron chi connectivity index (χ1n) is 10.8. The first kappa shape index (κ1) is 20.3. The van der Waals surface area contributed by atoms with Crippen LogP contribution in [0.25, 0.3) is 22.3 Å². The minimum Gasteiger partial charge on any atom is -0.361 e. The lowest BCUT2D eigenvalue weighted by Crippen LogP contribution is -2.22. The predicted octanol–water partition coefficient (Wildman–Crippen LogP) is 5.36. The molecule has 0 radical (unpaired) electrons. The van der Waals surface area contributed by atoms with E-state index in [1.165, 1.54) is 31.7 Å². The Bertz CT molecular complexity index is 950. The van der Waals surface area contributed by atoms with Crippen molar-refractivity contribution in [2.24, 2.45) is 5.92 Å². The van der Waals surface area contributed by atoms with E-state index in [9.17, 15) is 0 Å². The van der Waals surface area contributed by atoms with E-state index in [4.69, 9.17) is 4.74 Å². The summed E-state index contributed by atoms with van der Waals surface area (Å²) in [6, 6.07) is 3.78. The molecule has 7 heteroatoms. The molecule has 3 aromatic heterocycles. The summed E-state index contributed by atoms with van der Waals surface area (Å²) in [6.07, 6.45) is 12.8. The van der Waals surface area contributed by atoms with Gasteiger partial charge in [-0.3, -0.25) is 4.68 Å². The number of nitrogens with zero attached hydrogens (tertiary/aromatic N) is 5. The van der Waals surface area contributed by atoms with Gasteiger partial charge in [-0.2, -0.15) is 5.10 Å². The Morgan fingerprint density at radius 3 is 2.69 bits per heavy atom. The van der Waals surface area contributed by atoms with E-state index >= 15 is 0 Å². The Hall–Kier alpha value is -1.99. The van der Waals surface area contributed by atoms with Gasteiger partial charge < -0.3 is 9.30 Å². The second-order valence-electron chi connectivity index (χ2n) is 9.72. The normalized spacial score (nSPS) is 20.4. The largest absolute Gasteiger partial charge is 0.361 e. The van der Waals surface area contributed by atoms with Gasteiger partial charge in [0.05, 0.1) is 17.9 Å². The minimum absolute atomic E-state index is 0.515. The van der Waals surface area contributed by atoms with Crippen molar-refractivity contribution in [2.75, 3.05) is 6.61 Å². The number of hydrogen-bond donors (Lipinski definition) is 0. The Morgan fingerprint density at radius 2 is 1.93 bits per heavy atom. The van der Waals surface area contributed by atoms with Gasteiger partial charge >= 0.3 is 0 Å². The molecule has 0 saturated heterocycles. The summed E-state index contributed by atoms with van der Waals surface area (Å²) in [5.41, 5.74) is 2.93. The van der Waals surface area contributed by atoms with Crippen molar-refractivity contribution in [1.82, 2.24) is 24.3 Å². The molecule has 29 heavy (non-hydrogen) atoms. The molecule has 0 aromatic carbocycles. The summed E-state index contributed by atoms with van der Waals surface area (Å²) in [5, 5.41) is 5.72. The lowest BCUT2D eigenvalue weighted by Gasteiger charge is -2.26. The van der Waals surface area contributed by atoms with E-state index in [1.54, 1.807) is 6.33 Å². The van der Waals surface area contributed by atoms with Crippen LogP contribution in [0.2, 0.25) is 25.7 Å². The van der Waals surface area contributed by atoms with E-state index in [0.717, 1.165) is 34.8 Å². The third kappa shape index (κ3) is 4.78.